The highest BCUT2D eigenvalue weighted by Gasteiger charge is 2.19. The Kier molecular flexibility index (Phi) is 7.51. The number of hydrazone groups is 1. The lowest BCUT2D eigenvalue weighted by atomic mass is 10.1. The third-order valence-corrected chi connectivity index (χ3v) is 5.33. The van der Waals surface area contributed by atoms with Crippen LogP contribution >= 0.6 is 46.4 Å². The molecular weight excluding hydrogens is 482 g/mol. The number of carbonyl (C=O) groups excluding carboxylic acids is 2. The smallest absolute Gasteiger partial charge is 0.273 e. The molecule has 0 aliphatic carbocycles. The summed E-state index contributed by atoms with van der Waals surface area (Å²) >= 11 is 24.3. The molecule has 0 saturated carbocycles. The maximum Gasteiger partial charge on any atom is 0.273 e. The van der Waals surface area contributed by atoms with Gasteiger partial charge in [0.2, 0.25) is 0 Å². The van der Waals surface area contributed by atoms with Crippen molar-refractivity contribution in [2.24, 2.45) is 5.10 Å². The summed E-state index contributed by atoms with van der Waals surface area (Å²) in [4.78, 5) is 29.3. The van der Waals surface area contributed by atoms with Gasteiger partial charge in [-0.3, -0.25) is 9.59 Å². The number of nitrogens with one attached hydrogen (secondary N) is 2. The first-order chi connectivity index (χ1) is 14.8. The Labute approximate surface area is 198 Å². The van der Waals surface area contributed by atoms with Crippen molar-refractivity contribution in [1.82, 2.24) is 10.4 Å². The van der Waals surface area contributed by atoms with E-state index in [1.165, 1.54) is 24.5 Å². The predicted octanol–water partition coefficient (Wildman–Crippen LogP) is 6.02. The molecule has 0 spiro atoms. The standard InChI is InChI=1S/C21H14Cl4N4O2/c1-11-8-12(22)9-14(18(11)28-20(30)13-4-3-7-26-19(13)25)21(31)29-27-10-15-16(23)5-2-6-17(15)24/h2-10H,1H3,(H,28,30)(H,29,31)/b27-10-. The number of aromatic nitrogens is 1. The number of hydrogen-bond acceptors (Lipinski definition) is 4. The van der Waals surface area contributed by atoms with Crippen LogP contribution in [0, 0.1) is 6.92 Å². The maximum atomic E-state index is 12.8. The summed E-state index contributed by atoms with van der Waals surface area (Å²) in [5.74, 6) is -1.12. The first-order valence-electron chi connectivity index (χ1n) is 8.77. The van der Waals surface area contributed by atoms with Crippen LogP contribution < -0.4 is 10.7 Å². The number of hydrogen-bond donors (Lipinski definition) is 2. The highest BCUT2D eigenvalue weighted by molar-refractivity contribution is 6.38. The Morgan fingerprint density at radius 2 is 1.68 bits per heavy atom. The van der Waals surface area contributed by atoms with Gasteiger partial charge in [0.05, 0.1) is 33.1 Å². The van der Waals surface area contributed by atoms with Gasteiger partial charge in [-0.25, -0.2) is 10.4 Å². The van der Waals surface area contributed by atoms with Gasteiger partial charge in [-0.2, -0.15) is 5.10 Å². The molecule has 0 fully saturated rings. The second-order valence-electron chi connectivity index (χ2n) is 6.28. The fourth-order valence-corrected chi connectivity index (χ4v) is 3.65. The minimum Gasteiger partial charge on any atom is -0.321 e. The van der Waals surface area contributed by atoms with Crippen molar-refractivity contribution in [3.8, 4) is 0 Å². The molecule has 0 bridgehead atoms. The molecule has 1 aromatic heterocycles. The predicted molar refractivity (Wildman–Crippen MR) is 125 cm³/mol. The molecule has 3 rings (SSSR count). The molecule has 0 aliphatic heterocycles. The lowest BCUT2D eigenvalue weighted by Crippen LogP contribution is -2.22. The average molecular weight is 496 g/mol. The lowest BCUT2D eigenvalue weighted by Gasteiger charge is -2.14. The summed E-state index contributed by atoms with van der Waals surface area (Å²) in [5.41, 5.74) is 3.95. The minimum absolute atomic E-state index is 0.0406. The molecular formula is C21H14Cl4N4O2. The van der Waals surface area contributed by atoms with Crippen molar-refractivity contribution < 1.29 is 9.59 Å². The van der Waals surface area contributed by atoms with Crippen LogP contribution in [-0.2, 0) is 0 Å². The van der Waals surface area contributed by atoms with E-state index in [4.69, 9.17) is 46.4 Å². The summed E-state index contributed by atoms with van der Waals surface area (Å²) in [6.45, 7) is 1.70. The number of rotatable bonds is 5. The topological polar surface area (TPSA) is 83.5 Å². The van der Waals surface area contributed by atoms with Crippen molar-refractivity contribution in [2.75, 3.05) is 5.32 Å². The fraction of sp³-hybridized carbons (Fsp3) is 0.0476. The van der Waals surface area contributed by atoms with E-state index >= 15 is 0 Å². The summed E-state index contributed by atoms with van der Waals surface area (Å²) < 4.78 is 0. The van der Waals surface area contributed by atoms with Crippen molar-refractivity contribution in [3.05, 3.63) is 91.1 Å². The number of anilines is 1. The van der Waals surface area contributed by atoms with Gasteiger partial charge in [0.15, 0.2) is 0 Å². The first-order valence-corrected chi connectivity index (χ1v) is 10.3. The van der Waals surface area contributed by atoms with E-state index in [0.717, 1.165) is 0 Å². The van der Waals surface area contributed by atoms with Crippen LogP contribution in [0.5, 0.6) is 0 Å². The highest BCUT2D eigenvalue weighted by atomic mass is 35.5. The van der Waals surface area contributed by atoms with Gasteiger partial charge in [-0.1, -0.05) is 52.5 Å². The van der Waals surface area contributed by atoms with Crippen LogP contribution in [0.4, 0.5) is 5.69 Å². The van der Waals surface area contributed by atoms with E-state index in [9.17, 15) is 9.59 Å². The maximum absolute atomic E-state index is 12.8. The van der Waals surface area contributed by atoms with Gasteiger partial charge in [0.25, 0.3) is 11.8 Å². The average Bonchev–Trinajstić information content (AvgIpc) is 2.72. The Morgan fingerprint density at radius 3 is 2.35 bits per heavy atom. The van der Waals surface area contributed by atoms with E-state index in [1.54, 1.807) is 37.3 Å². The number of halogens is 4. The van der Waals surface area contributed by atoms with Crippen molar-refractivity contribution in [3.63, 3.8) is 0 Å². The lowest BCUT2D eigenvalue weighted by molar-refractivity contribution is 0.0956. The molecule has 1 heterocycles. The van der Waals surface area contributed by atoms with E-state index < -0.39 is 11.8 Å². The summed E-state index contributed by atoms with van der Waals surface area (Å²) in [6, 6.07) is 11.1. The van der Waals surface area contributed by atoms with Crippen LogP contribution in [0.3, 0.4) is 0 Å². The first kappa shape index (κ1) is 23.0. The molecule has 3 aromatic rings. The number of aryl methyl sites for hydroxylation is 1. The molecule has 0 unspecified atom stereocenters. The van der Waals surface area contributed by atoms with Gasteiger partial charge >= 0.3 is 0 Å². The molecule has 0 atom stereocenters. The monoisotopic (exact) mass is 494 g/mol. The number of amides is 2. The van der Waals surface area contributed by atoms with Gasteiger partial charge in [-0.05, 0) is 48.9 Å². The van der Waals surface area contributed by atoms with Gasteiger partial charge < -0.3 is 5.32 Å². The van der Waals surface area contributed by atoms with Crippen molar-refractivity contribution in [1.29, 1.82) is 0 Å². The second-order valence-corrected chi connectivity index (χ2v) is 7.88. The Morgan fingerprint density at radius 1 is 0.968 bits per heavy atom. The van der Waals surface area contributed by atoms with Crippen LogP contribution in [0.15, 0.2) is 53.8 Å². The minimum atomic E-state index is -0.599. The molecule has 2 amide bonds. The number of nitrogens with zero attached hydrogens (tertiary/aromatic N) is 2. The molecule has 0 radical (unpaired) electrons. The zero-order valence-corrected chi connectivity index (χ0v) is 18.9. The zero-order chi connectivity index (χ0) is 22.5. The highest BCUT2D eigenvalue weighted by Crippen LogP contribution is 2.27. The van der Waals surface area contributed by atoms with E-state index in [-0.39, 0.29) is 22.0 Å². The molecule has 2 aromatic carbocycles. The van der Waals surface area contributed by atoms with Crippen LogP contribution in [-0.4, -0.2) is 23.0 Å². The third-order valence-electron chi connectivity index (χ3n) is 4.15. The molecule has 0 aliphatic rings. The molecule has 0 saturated heterocycles. The quantitative estimate of drug-likeness (QED) is 0.258. The number of benzene rings is 2. The number of carbonyl (C=O) groups is 2. The summed E-state index contributed by atoms with van der Waals surface area (Å²) in [5, 5.41) is 7.72. The normalized spacial score (nSPS) is 10.9. The second kappa shape index (κ2) is 10.1. The van der Waals surface area contributed by atoms with Gasteiger partial charge in [-0.15, -0.1) is 0 Å². The summed E-state index contributed by atoms with van der Waals surface area (Å²) in [6.07, 6.45) is 2.79. The van der Waals surface area contributed by atoms with Gasteiger partial charge in [0.1, 0.15) is 5.15 Å². The summed E-state index contributed by atoms with van der Waals surface area (Å²) in [7, 11) is 0. The van der Waals surface area contributed by atoms with E-state index in [1.807, 2.05) is 0 Å². The molecule has 31 heavy (non-hydrogen) atoms. The van der Waals surface area contributed by atoms with E-state index in [2.05, 4.69) is 20.8 Å². The third kappa shape index (κ3) is 5.54. The Hall–Kier alpha value is -2.64. The van der Waals surface area contributed by atoms with Crippen molar-refractivity contribution >= 4 is 70.1 Å². The van der Waals surface area contributed by atoms with Crippen LogP contribution in [0.1, 0.15) is 31.8 Å². The zero-order valence-electron chi connectivity index (χ0n) is 15.9. The van der Waals surface area contributed by atoms with Gasteiger partial charge in [0, 0.05) is 16.8 Å². The Bertz CT molecular complexity index is 1180. The van der Waals surface area contributed by atoms with Crippen molar-refractivity contribution in [2.45, 2.75) is 6.92 Å². The molecule has 2 N–H and O–H groups in total. The van der Waals surface area contributed by atoms with Crippen LogP contribution in [0.25, 0.3) is 0 Å². The molecule has 10 heteroatoms. The fourth-order valence-electron chi connectivity index (χ4n) is 2.67. The largest absolute Gasteiger partial charge is 0.321 e. The Balaban J connectivity index is 1.87. The van der Waals surface area contributed by atoms with Crippen LogP contribution in [0.2, 0.25) is 20.2 Å². The van der Waals surface area contributed by atoms with E-state index in [0.29, 0.717) is 26.2 Å². The SMILES string of the molecule is Cc1cc(Cl)cc(C(=O)N/N=C\c2c(Cl)cccc2Cl)c1NC(=O)c1cccnc1Cl. The molecule has 158 valence electrons. The molecule has 6 nitrogen and oxygen atoms in total. The number of pyridine rings is 1.